The molecular weight excluding hydrogens is 370 g/mol. The zero-order valence-electron chi connectivity index (χ0n) is 16.3. The molecule has 0 spiro atoms. The molecule has 1 aliphatic rings. The number of rotatable bonds is 6. The van der Waals surface area contributed by atoms with E-state index in [0.29, 0.717) is 11.4 Å². The fourth-order valence-electron chi connectivity index (χ4n) is 3.05. The first-order chi connectivity index (χ1) is 13.5. The number of nitrogens with zero attached hydrogens (tertiary/aromatic N) is 1. The standard InChI is InChI=1S/C23H25NO3S/c1-19-8-14-23(15-9-19)28(25,26)24-17-16-21(18-24)7-5-3-4-6-20-10-12-22(27-2)13-11-20/h8-15,18H,3,5,7,16-17H2,1-2H3. The molecule has 0 fully saturated rings. The van der Waals surface area contributed by atoms with Crippen LogP contribution in [0.4, 0.5) is 0 Å². The van der Waals surface area contributed by atoms with Crippen LogP contribution < -0.4 is 4.74 Å². The molecule has 1 aliphatic heterocycles. The summed E-state index contributed by atoms with van der Waals surface area (Å²) in [5.41, 5.74) is 3.19. The molecule has 2 aromatic carbocycles. The maximum Gasteiger partial charge on any atom is 0.263 e. The highest BCUT2D eigenvalue weighted by Crippen LogP contribution is 2.26. The predicted octanol–water partition coefficient (Wildman–Crippen LogP) is 4.50. The molecular formula is C23H25NO3S. The van der Waals surface area contributed by atoms with Gasteiger partial charge >= 0.3 is 0 Å². The van der Waals surface area contributed by atoms with Gasteiger partial charge in [-0.25, -0.2) is 8.42 Å². The maximum absolute atomic E-state index is 12.7. The molecule has 0 unspecified atom stereocenters. The molecule has 0 bridgehead atoms. The van der Waals surface area contributed by atoms with Gasteiger partial charge in [0.05, 0.1) is 12.0 Å². The second kappa shape index (κ2) is 8.99. The Kier molecular flexibility index (Phi) is 6.43. The second-order valence-corrected chi connectivity index (χ2v) is 8.74. The van der Waals surface area contributed by atoms with E-state index in [-0.39, 0.29) is 0 Å². The maximum atomic E-state index is 12.7. The van der Waals surface area contributed by atoms with E-state index < -0.39 is 10.0 Å². The van der Waals surface area contributed by atoms with Crippen LogP contribution in [0.25, 0.3) is 0 Å². The third-order valence-corrected chi connectivity index (χ3v) is 6.50. The Labute approximate surface area is 167 Å². The highest BCUT2D eigenvalue weighted by molar-refractivity contribution is 7.89. The third kappa shape index (κ3) is 4.96. The zero-order valence-corrected chi connectivity index (χ0v) is 17.1. The van der Waals surface area contributed by atoms with Crippen LogP contribution in [0.15, 0.2) is 65.2 Å². The largest absolute Gasteiger partial charge is 0.497 e. The summed E-state index contributed by atoms with van der Waals surface area (Å²) in [6.07, 6.45) is 5.17. The highest BCUT2D eigenvalue weighted by Gasteiger charge is 2.25. The van der Waals surface area contributed by atoms with Crippen molar-refractivity contribution in [3.63, 3.8) is 0 Å². The number of aryl methyl sites for hydroxylation is 1. The van der Waals surface area contributed by atoms with Crippen LogP contribution in [0.5, 0.6) is 5.75 Å². The molecule has 2 aromatic rings. The summed E-state index contributed by atoms with van der Waals surface area (Å²) in [5, 5.41) is 0. The van der Waals surface area contributed by atoms with Crippen molar-refractivity contribution in [3.05, 3.63) is 71.4 Å². The first-order valence-electron chi connectivity index (χ1n) is 9.40. The molecule has 5 heteroatoms. The molecule has 0 aromatic heterocycles. The van der Waals surface area contributed by atoms with Gasteiger partial charge in [0.2, 0.25) is 0 Å². The van der Waals surface area contributed by atoms with Gasteiger partial charge in [-0.2, -0.15) is 0 Å². The van der Waals surface area contributed by atoms with Crippen molar-refractivity contribution >= 4 is 10.0 Å². The Balaban J connectivity index is 1.52. The predicted molar refractivity (Wildman–Crippen MR) is 111 cm³/mol. The SMILES string of the molecule is COc1ccc(C#CCCCC2=CN(S(=O)(=O)c3ccc(C)cc3)CC2)cc1. The molecule has 146 valence electrons. The van der Waals surface area contributed by atoms with Gasteiger partial charge in [0.15, 0.2) is 0 Å². The molecule has 0 amide bonds. The van der Waals surface area contributed by atoms with E-state index in [4.69, 9.17) is 4.74 Å². The van der Waals surface area contributed by atoms with Gasteiger partial charge in [0.1, 0.15) is 5.75 Å². The average molecular weight is 396 g/mol. The first-order valence-corrected chi connectivity index (χ1v) is 10.8. The Hall–Kier alpha value is -2.71. The van der Waals surface area contributed by atoms with Crippen LogP contribution in [0.3, 0.4) is 0 Å². The van der Waals surface area contributed by atoms with Crippen molar-refractivity contribution < 1.29 is 13.2 Å². The number of methoxy groups -OCH3 is 1. The molecule has 4 nitrogen and oxygen atoms in total. The van der Waals surface area contributed by atoms with Crippen molar-refractivity contribution in [2.75, 3.05) is 13.7 Å². The number of hydrogen-bond donors (Lipinski definition) is 0. The molecule has 0 N–H and O–H groups in total. The summed E-state index contributed by atoms with van der Waals surface area (Å²) >= 11 is 0. The number of sulfonamides is 1. The van der Waals surface area contributed by atoms with E-state index in [2.05, 4.69) is 11.8 Å². The summed E-state index contributed by atoms with van der Waals surface area (Å²) in [7, 11) is -1.80. The minimum atomic E-state index is -3.45. The van der Waals surface area contributed by atoms with Crippen LogP contribution >= 0.6 is 0 Å². The van der Waals surface area contributed by atoms with Crippen molar-refractivity contribution in [2.45, 2.75) is 37.5 Å². The molecule has 3 rings (SSSR count). The smallest absolute Gasteiger partial charge is 0.263 e. The van der Waals surface area contributed by atoms with Crippen LogP contribution in [-0.2, 0) is 10.0 Å². The summed E-state index contributed by atoms with van der Waals surface area (Å²) in [5.74, 6) is 7.16. The second-order valence-electron chi connectivity index (χ2n) is 6.85. The highest BCUT2D eigenvalue weighted by atomic mass is 32.2. The van der Waals surface area contributed by atoms with Crippen molar-refractivity contribution in [3.8, 4) is 17.6 Å². The average Bonchev–Trinajstić information content (AvgIpc) is 3.18. The lowest BCUT2D eigenvalue weighted by molar-refractivity contribution is 0.415. The number of ether oxygens (including phenoxy) is 1. The summed E-state index contributed by atoms with van der Waals surface area (Å²) in [6, 6.07) is 14.7. The monoisotopic (exact) mass is 395 g/mol. The zero-order chi connectivity index (χ0) is 20.0. The molecule has 0 radical (unpaired) electrons. The fraction of sp³-hybridized carbons (Fsp3) is 0.304. The number of unbranched alkanes of at least 4 members (excludes halogenated alkanes) is 1. The van der Waals surface area contributed by atoms with E-state index >= 15 is 0 Å². The van der Waals surface area contributed by atoms with Crippen LogP contribution in [0.1, 0.15) is 36.8 Å². The molecule has 0 saturated heterocycles. The Morgan fingerprint density at radius 3 is 2.46 bits per heavy atom. The van der Waals surface area contributed by atoms with Crippen molar-refractivity contribution in [1.29, 1.82) is 0 Å². The van der Waals surface area contributed by atoms with Crippen LogP contribution in [0.2, 0.25) is 0 Å². The van der Waals surface area contributed by atoms with E-state index in [1.807, 2.05) is 43.3 Å². The summed E-state index contributed by atoms with van der Waals surface area (Å²) < 4.78 is 32.0. The lowest BCUT2D eigenvalue weighted by atomic mass is 10.1. The quantitative estimate of drug-likeness (QED) is 0.534. The van der Waals surface area contributed by atoms with E-state index in [1.54, 1.807) is 25.4 Å². The van der Waals surface area contributed by atoms with E-state index in [1.165, 1.54) is 9.88 Å². The lowest BCUT2D eigenvalue weighted by Gasteiger charge is -2.15. The van der Waals surface area contributed by atoms with Crippen LogP contribution in [0, 0.1) is 18.8 Å². The van der Waals surface area contributed by atoms with Gasteiger partial charge in [0, 0.05) is 24.7 Å². The Morgan fingerprint density at radius 2 is 1.79 bits per heavy atom. The Morgan fingerprint density at radius 1 is 1.07 bits per heavy atom. The minimum Gasteiger partial charge on any atom is -0.497 e. The molecule has 0 atom stereocenters. The molecule has 1 heterocycles. The minimum absolute atomic E-state index is 0.348. The van der Waals surface area contributed by atoms with Gasteiger partial charge in [-0.05, 0) is 62.6 Å². The van der Waals surface area contributed by atoms with Gasteiger partial charge in [-0.15, -0.1) is 0 Å². The molecule has 0 saturated carbocycles. The topological polar surface area (TPSA) is 46.6 Å². The fourth-order valence-corrected chi connectivity index (χ4v) is 4.42. The summed E-state index contributed by atoms with van der Waals surface area (Å²) in [4.78, 5) is 0.348. The van der Waals surface area contributed by atoms with Gasteiger partial charge in [0.25, 0.3) is 10.0 Å². The van der Waals surface area contributed by atoms with Crippen LogP contribution in [-0.4, -0.2) is 26.4 Å². The normalized spacial score (nSPS) is 13.6. The van der Waals surface area contributed by atoms with Gasteiger partial charge < -0.3 is 4.74 Å². The van der Waals surface area contributed by atoms with E-state index in [0.717, 1.165) is 42.6 Å². The molecule has 0 aliphatic carbocycles. The third-order valence-electron chi connectivity index (χ3n) is 4.73. The Bertz CT molecular complexity index is 995. The van der Waals surface area contributed by atoms with Crippen molar-refractivity contribution in [1.82, 2.24) is 4.31 Å². The van der Waals surface area contributed by atoms with Gasteiger partial charge in [-0.3, -0.25) is 4.31 Å². The number of benzene rings is 2. The van der Waals surface area contributed by atoms with Crippen molar-refractivity contribution in [2.24, 2.45) is 0 Å². The van der Waals surface area contributed by atoms with Gasteiger partial charge in [-0.1, -0.05) is 35.1 Å². The lowest BCUT2D eigenvalue weighted by Crippen LogP contribution is -2.23. The molecule has 28 heavy (non-hydrogen) atoms. The first kappa shape index (κ1) is 20.0. The van der Waals surface area contributed by atoms with E-state index in [9.17, 15) is 8.42 Å². The summed E-state index contributed by atoms with van der Waals surface area (Å²) in [6.45, 7) is 2.46. The number of hydrogen-bond acceptors (Lipinski definition) is 3.